The van der Waals surface area contributed by atoms with Crippen LogP contribution in [0.15, 0.2) is 0 Å². The van der Waals surface area contributed by atoms with E-state index in [9.17, 15) is 5.11 Å². The van der Waals surface area contributed by atoms with Gasteiger partial charge >= 0.3 is 0 Å². The van der Waals surface area contributed by atoms with Crippen LogP contribution in [0.5, 0.6) is 0 Å². The lowest BCUT2D eigenvalue weighted by Gasteiger charge is -2.10. The van der Waals surface area contributed by atoms with Crippen molar-refractivity contribution in [2.75, 3.05) is 24.6 Å². The van der Waals surface area contributed by atoms with Gasteiger partial charge in [0, 0.05) is 12.3 Å². The molecule has 0 radical (unpaired) electrons. The van der Waals surface area contributed by atoms with Gasteiger partial charge in [-0.3, -0.25) is 0 Å². The van der Waals surface area contributed by atoms with Gasteiger partial charge in [-0.2, -0.15) is 11.8 Å². The zero-order valence-electron chi connectivity index (χ0n) is 8.88. The van der Waals surface area contributed by atoms with E-state index in [0.717, 1.165) is 25.3 Å². The lowest BCUT2D eigenvalue weighted by atomic mass is 10.4. The highest BCUT2D eigenvalue weighted by Gasteiger charge is 2.02. The smallest absolute Gasteiger partial charge is 0.0754 e. The summed E-state index contributed by atoms with van der Waals surface area (Å²) in [4.78, 5) is 0. The van der Waals surface area contributed by atoms with Crippen LogP contribution in [0.4, 0.5) is 0 Å². The number of nitrogens with one attached hydrogen (secondary N) is 1. The van der Waals surface area contributed by atoms with Crippen molar-refractivity contribution in [3.05, 3.63) is 0 Å². The highest BCUT2D eigenvalue weighted by atomic mass is 32.2. The molecule has 0 fully saturated rings. The van der Waals surface area contributed by atoms with Crippen molar-refractivity contribution in [3.63, 3.8) is 0 Å². The maximum atomic E-state index is 9.49. The number of unbranched alkanes of at least 4 members (excludes halogenated alkanes) is 1. The molecular formula is C10H23NOS. The average molecular weight is 205 g/mol. The van der Waals surface area contributed by atoms with Crippen LogP contribution in [-0.2, 0) is 0 Å². The van der Waals surface area contributed by atoms with E-state index in [1.54, 1.807) is 0 Å². The Kier molecular flexibility index (Phi) is 10.6. The van der Waals surface area contributed by atoms with E-state index in [0.29, 0.717) is 0 Å². The van der Waals surface area contributed by atoms with Crippen molar-refractivity contribution >= 4 is 11.8 Å². The monoisotopic (exact) mass is 205 g/mol. The first-order valence-electron chi connectivity index (χ1n) is 5.27. The standard InChI is InChI=1S/C10H23NOS/c1-3-5-7-13-9-10(12)8-11-6-4-2/h10-12H,3-9H2,1-2H3. The Bertz CT molecular complexity index is 101. The molecule has 13 heavy (non-hydrogen) atoms. The van der Waals surface area contributed by atoms with Crippen LogP contribution in [0, 0.1) is 0 Å². The molecule has 1 atom stereocenters. The van der Waals surface area contributed by atoms with E-state index in [1.807, 2.05) is 11.8 Å². The minimum atomic E-state index is -0.173. The minimum Gasteiger partial charge on any atom is -0.391 e. The minimum absolute atomic E-state index is 0.173. The summed E-state index contributed by atoms with van der Waals surface area (Å²) in [6.07, 6.45) is 3.47. The number of rotatable bonds is 9. The topological polar surface area (TPSA) is 32.3 Å². The van der Waals surface area contributed by atoms with Gasteiger partial charge in [0.15, 0.2) is 0 Å². The summed E-state index contributed by atoms with van der Waals surface area (Å²) in [5, 5.41) is 12.7. The second kappa shape index (κ2) is 10.4. The number of aliphatic hydroxyl groups excluding tert-OH is 1. The van der Waals surface area contributed by atoms with Gasteiger partial charge in [0.25, 0.3) is 0 Å². The first-order valence-corrected chi connectivity index (χ1v) is 6.43. The Labute approximate surface area is 86.5 Å². The third-order valence-electron chi connectivity index (χ3n) is 1.76. The first-order chi connectivity index (χ1) is 6.31. The van der Waals surface area contributed by atoms with Crippen LogP contribution in [0.3, 0.4) is 0 Å². The zero-order valence-corrected chi connectivity index (χ0v) is 9.70. The van der Waals surface area contributed by atoms with Crippen molar-refractivity contribution in [3.8, 4) is 0 Å². The summed E-state index contributed by atoms with van der Waals surface area (Å²) in [6, 6.07) is 0. The molecule has 0 rings (SSSR count). The molecule has 0 aromatic carbocycles. The Balaban J connectivity index is 3.05. The Hall–Kier alpha value is 0.270. The second-order valence-corrected chi connectivity index (χ2v) is 4.44. The summed E-state index contributed by atoms with van der Waals surface area (Å²) in [6.45, 7) is 6.08. The van der Waals surface area contributed by atoms with Gasteiger partial charge < -0.3 is 10.4 Å². The summed E-state index contributed by atoms with van der Waals surface area (Å²) >= 11 is 1.85. The van der Waals surface area contributed by atoms with Gasteiger partial charge in [0.1, 0.15) is 0 Å². The van der Waals surface area contributed by atoms with Gasteiger partial charge in [-0.05, 0) is 25.1 Å². The van der Waals surface area contributed by atoms with E-state index >= 15 is 0 Å². The van der Waals surface area contributed by atoms with Crippen LogP contribution in [-0.4, -0.2) is 35.8 Å². The van der Waals surface area contributed by atoms with Crippen molar-refractivity contribution < 1.29 is 5.11 Å². The van der Waals surface area contributed by atoms with E-state index in [1.165, 1.54) is 18.6 Å². The van der Waals surface area contributed by atoms with Gasteiger partial charge in [-0.25, -0.2) is 0 Å². The van der Waals surface area contributed by atoms with Crippen LogP contribution in [0.2, 0.25) is 0 Å². The lowest BCUT2D eigenvalue weighted by molar-refractivity contribution is 0.196. The maximum Gasteiger partial charge on any atom is 0.0754 e. The van der Waals surface area contributed by atoms with Crippen molar-refractivity contribution in [1.29, 1.82) is 0 Å². The van der Waals surface area contributed by atoms with Crippen LogP contribution >= 0.6 is 11.8 Å². The predicted octanol–water partition coefficient (Wildman–Crippen LogP) is 1.88. The highest BCUT2D eigenvalue weighted by Crippen LogP contribution is 2.05. The van der Waals surface area contributed by atoms with Gasteiger partial charge in [0.05, 0.1) is 6.10 Å². The second-order valence-electron chi connectivity index (χ2n) is 3.29. The number of hydrogen-bond acceptors (Lipinski definition) is 3. The molecule has 3 heteroatoms. The van der Waals surface area contributed by atoms with E-state index in [2.05, 4.69) is 19.2 Å². The molecular weight excluding hydrogens is 182 g/mol. The predicted molar refractivity (Wildman–Crippen MR) is 61.4 cm³/mol. The molecule has 0 aromatic rings. The summed E-state index contributed by atoms with van der Waals surface area (Å²) < 4.78 is 0. The molecule has 0 heterocycles. The molecule has 0 aromatic heterocycles. The first kappa shape index (κ1) is 13.3. The summed E-state index contributed by atoms with van der Waals surface area (Å²) in [7, 11) is 0. The molecule has 0 aliphatic rings. The van der Waals surface area contributed by atoms with Crippen LogP contribution in [0.1, 0.15) is 33.1 Å². The normalized spacial score (nSPS) is 13.2. The van der Waals surface area contributed by atoms with Crippen LogP contribution in [0.25, 0.3) is 0 Å². The van der Waals surface area contributed by atoms with Gasteiger partial charge in [-0.15, -0.1) is 0 Å². The molecule has 0 amide bonds. The molecule has 1 unspecified atom stereocenters. The van der Waals surface area contributed by atoms with Crippen LogP contribution < -0.4 is 5.32 Å². The van der Waals surface area contributed by atoms with Gasteiger partial charge in [-0.1, -0.05) is 20.3 Å². The molecule has 0 bridgehead atoms. The summed E-state index contributed by atoms with van der Waals surface area (Å²) in [5.74, 6) is 2.05. The maximum absolute atomic E-state index is 9.49. The SMILES string of the molecule is CCCCSCC(O)CNCCC. The number of thioether (sulfide) groups is 1. The largest absolute Gasteiger partial charge is 0.391 e. The van der Waals surface area contributed by atoms with Crippen molar-refractivity contribution in [2.24, 2.45) is 0 Å². The molecule has 2 nitrogen and oxygen atoms in total. The Morgan fingerprint density at radius 3 is 2.69 bits per heavy atom. The van der Waals surface area contributed by atoms with Gasteiger partial charge in [0.2, 0.25) is 0 Å². The average Bonchev–Trinajstić information content (AvgIpc) is 2.13. The summed E-state index contributed by atoms with van der Waals surface area (Å²) in [5.41, 5.74) is 0. The van der Waals surface area contributed by atoms with E-state index < -0.39 is 0 Å². The van der Waals surface area contributed by atoms with Crippen molar-refractivity contribution in [1.82, 2.24) is 5.32 Å². The van der Waals surface area contributed by atoms with E-state index in [4.69, 9.17) is 0 Å². The quantitative estimate of drug-likeness (QED) is 0.564. The lowest BCUT2D eigenvalue weighted by Crippen LogP contribution is -2.29. The highest BCUT2D eigenvalue weighted by molar-refractivity contribution is 7.99. The van der Waals surface area contributed by atoms with E-state index in [-0.39, 0.29) is 6.10 Å². The molecule has 0 saturated heterocycles. The number of hydrogen-bond donors (Lipinski definition) is 2. The molecule has 2 N–H and O–H groups in total. The third kappa shape index (κ3) is 10.2. The number of aliphatic hydroxyl groups is 1. The molecule has 0 saturated carbocycles. The molecule has 0 aliphatic carbocycles. The molecule has 0 spiro atoms. The zero-order chi connectivity index (χ0) is 9.94. The Morgan fingerprint density at radius 2 is 2.08 bits per heavy atom. The van der Waals surface area contributed by atoms with Crippen molar-refractivity contribution in [2.45, 2.75) is 39.2 Å². The fourth-order valence-corrected chi connectivity index (χ4v) is 2.02. The molecule has 0 aliphatic heterocycles. The fraction of sp³-hybridized carbons (Fsp3) is 1.00. The molecule has 80 valence electrons. The Morgan fingerprint density at radius 1 is 1.31 bits per heavy atom. The fourth-order valence-electron chi connectivity index (χ4n) is 0.970. The third-order valence-corrected chi connectivity index (χ3v) is 2.96.